The Morgan fingerprint density at radius 1 is 1.30 bits per heavy atom. The van der Waals surface area contributed by atoms with Gasteiger partial charge in [0, 0.05) is 25.6 Å². The van der Waals surface area contributed by atoms with Gasteiger partial charge in [-0.3, -0.25) is 4.68 Å². The van der Waals surface area contributed by atoms with Gasteiger partial charge < -0.3 is 10.5 Å². The molecule has 20 heavy (non-hydrogen) atoms. The summed E-state index contributed by atoms with van der Waals surface area (Å²) in [5.74, 6) is 0. The van der Waals surface area contributed by atoms with Crippen molar-refractivity contribution in [1.82, 2.24) is 9.78 Å². The van der Waals surface area contributed by atoms with Crippen LogP contribution >= 0.6 is 15.9 Å². The summed E-state index contributed by atoms with van der Waals surface area (Å²) in [6, 6.07) is 0.0120. The van der Waals surface area contributed by atoms with Crippen LogP contribution in [0.4, 0.5) is 0 Å². The van der Waals surface area contributed by atoms with Gasteiger partial charge in [-0.2, -0.15) is 5.10 Å². The molecule has 2 unspecified atom stereocenters. The van der Waals surface area contributed by atoms with E-state index in [0.717, 1.165) is 42.4 Å². The molecule has 5 heteroatoms. The predicted octanol–water partition coefficient (Wildman–Crippen LogP) is 3.30. The monoisotopic (exact) mass is 345 g/mol. The van der Waals surface area contributed by atoms with Crippen molar-refractivity contribution < 1.29 is 4.74 Å². The molecule has 0 amide bonds. The van der Waals surface area contributed by atoms with Crippen molar-refractivity contribution >= 4 is 15.9 Å². The lowest BCUT2D eigenvalue weighted by Crippen LogP contribution is -2.39. The second-order valence-electron chi connectivity index (χ2n) is 5.03. The minimum atomic E-state index is 0.0120. The molecule has 0 saturated heterocycles. The van der Waals surface area contributed by atoms with Gasteiger partial charge in [-0.25, -0.2) is 0 Å². The predicted molar refractivity (Wildman–Crippen MR) is 87.0 cm³/mol. The fraction of sp³-hybridized carbons (Fsp3) is 0.800. The highest BCUT2D eigenvalue weighted by molar-refractivity contribution is 9.10. The summed E-state index contributed by atoms with van der Waals surface area (Å²) in [5.41, 5.74) is 8.68. The van der Waals surface area contributed by atoms with E-state index in [1.165, 1.54) is 5.69 Å². The second-order valence-corrected chi connectivity index (χ2v) is 5.82. The summed E-state index contributed by atoms with van der Waals surface area (Å²) in [7, 11) is 0. The summed E-state index contributed by atoms with van der Waals surface area (Å²) in [4.78, 5) is 0. The van der Waals surface area contributed by atoms with Crippen LogP contribution in [0.2, 0.25) is 0 Å². The first-order chi connectivity index (χ1) is 9.58. The average molecular weight is 346 g/mol. The Kier molecular flexibility index (Phi) is 7.77. The van der Waals surface area contributed by atoms with Gasteiger partial charge in [0.05, 0.1) is 22.0 Å². The van der Waals surface area contributed by atoms with Gasteiger partial charge in [0.2, 0.25) is 0 Å². The van der Waals surface area contributed by atoms with E-state index in [9.17, 15) is 0 Å². The summed E-state index contributed by atoms with van der Waals surface area (Å²) >= 11 is 3.68. The minimum absolute atomic E-state index is 0.0120. The lowest BCUT2D eigenvalue weighted by molar-refractivity contribution is 0.0374. The van der Waals surface area contributed by atoms with Crippen molar-refractivity contribution in [2.45, 2.75) is 72.1 Å². The van der Waals surface area contributed by atoms with Gasteiger partial charge in [-0.1, -0.05) is 20.3 Å². The number of nitrogens with two attached hydrogens (primary N) is 1. The number of nitrogens with zero attached hydrogens (tertiary/aromatic N) is 2. The Morgan fingerprint density at radius 2 is 2.00 bits per heavy atom. The molecule has 2 N–H and O–H groups in total. The summed E-state index contributed by atoms with van der Waals surface area (Å²) < 4.78 is 8.96. The summed E-state index contributed by atoms with van der Waals surface area (Å²) in [5, 5.41) is 4.62. The maximum Gasteiger partial charge on any atom is 0.0766 e. The highest BCUT2D eigenvalue weighted by Gasteiger charge is 2.22. The maximum atomic E-state index is 6.38. The van der Waals surface area contributed by atoms with E-state index in [0.29, 0.717) is 6.61 Å². The number of rotatable bonds is 9. The molecule has 0 saturated carbocycles. The van der Waals surface area contributed by atoms with E-state index < -0.39 is 0 Å². The van der Waals surface area contributed by atoms with Crippen molar-refractivity contribution in [3.05, 3.63) is 15.9 Å². The molecule has 0 aliphatic heterocycles. The van der Waals surface area contributed by atoms with Crippen molar-refractivity contribution in [3.63, 3.8) is 0 Å². The molecule has 0 aromatic carbocycles. The van der Waals surface area contributed by atoms with E-state index in [1.807, 2.05) is 6.92 Å². The first kappa shape index (κ1) is 17.7. The van der Waals surface area contributed by atoms with Crippen LogP contribution in [0.1, 0.15) is 51.9 Å². The van der Waals surface area contributed by atoms with Crippen LogP contribution in [0, 0.1) is 0 Å². The minimum Gasteiger partial charge on any atom is -0.377 e. The highest BCUT2D eigenvalue weighted by atomic mass is 79.9. The molecule has 0 bridgehead atoms. The largest absolute Gasteiger partial charge is 0.377 e. The molecule has 116 valence electrons. The van der Waals surface area contributed by atoms with Crippen LogP contribution in [0.3, 0.4) is 0 Å². The fourth-order valence-electron chi connectivity index (χ4n) is 2.49. The SMILES string of the molecule is CCCC(OCC)C(N)Cc1c(Br)c(CC)nn1CC. The normalized spacial score (nSPS) is 14.5. The zero-order valence-electron chi connectivity index (χ0n) is 13.2. The molecule has 0 radical (unpaired) electrons. The second kappa shape index (κ2) is 8.80. The van der Waals surface area contributed by atoms with Crippen molar-refractivity contribution in [1.29, 1.82) is 0 Å². The van der Waals surface area contributed by atoms with Crippen molar-refractivity contribution in [2.24, 2.45) is 5.73 Å². The average Bonchev–Trinajstić information content (AvgIpc) is 2.75. The summed E-state index contributed by atoms with van der Waals surface area (Å²) in [6.07, 6.45) is 3.95. The van der Waals surface area contributed by atoms with Crippen molar-refractivity contribution in [2.75, 3.05) is 6.61 Å². The topological polar surface area (TPSA) is 53.1 Å². The number of hydrogen-bond acceptors (Lipinski definition) is 3. The van der Waals surface area contributed by atoms with Gasteiger partial charge >= 0.3 is 0 Å². The standard InChI is InChI=1S/C15H28BrN3O/c1-5-9-14(20-8-4)11(17)10-13-15(16)12(6-2)18-19(13)7-3/h11,14H,5-10,17H2,1-4H3. The van der Waals surface area contributed by atoms with Crippen LogP contribution in [-0.4, -0.2) is 28.5 Å². The van der Waals surface area contributed by atoms with E-state index >= 15 is 0 Å². The van der Waals surface area contributed by atoms with E-state index in [2.05, 4.69) is 46.5 Å². The zero-order chi connectivity index (χ0) is 15.1. The Labute approximate surface area is 131 Å². The molecule has 4 nitrogen and oxygen atoms in total. The Bertz CT molecular complexity index is 400. The van der Waals surface area contributed by atoms with E-state index in [-0.39, 0.29) is 12.1 Å². The Balaban J connectivity index is 2.87. The first-order valence-electron chi connectivity index (χ1n) is 7.70. The maximum absolute atomic E-state index is 6.38. The molecule has 0 spiro atoms. The van der Waals surface area contributed by atoms with Crippen LogP contribution < -0.4 is 5.73 Å². The van der Waals surface area contributed by atoms with E-state index in [1.54, 1.807) is 0 Å². The number of aromatic nitrogens is 2. The van der Waals surface area contributed by atoms with Gasteiger partial charge in [-0.15, -0.1) is 0 Å². The molecule has 2 atom stereocenters. The lowest BCUT2D eigenvalue weighted by Gasteiger charge is -2.23. The van der Waals surface area contributed by atoms with Gasteiger partial charge in [-0.05, 0) is 42.6 Å². The lowest BCUT2D eigenvalue weighted by atomic mass is 10.0. The number of ether oxygens (including phenoxy) is 1. The molecule has 1 aromatic heterocycles. The smallest absolute Gasteiger partial charge is 0.0766 e. The number of hydrogen-bond donors (Lipinski definition) is 1. The Morgan fingerprint density at radius 3 is 2.50 bits per heavy atom. The molecular formula is C15H28BrN3O. The van der Waals surface area contributed by atoms with Crippen LogP contribution in [0.5, 0.6) is 0 Å². The molecule has 0 aliphatic rings. The highest BCUT2D eigenvalue weighted by Crippen LogP contribution is 2.24. The Hall–Kier alpha value is -0.390. The van der Waals surface area contributed by atoms with E-state index in [4.69, 9.17) is 10.5 Å². The quantitative estimate of drug-likeness (QED) is 0.746. The van der Waals surface area contributed by atoms with Crippen molar-refractivity contribution in [3.8, 4) is 0 Å². The zero-order valence-corrected chi connectivity index (χ0v) is 14.7. The molecule has 1 aromatic rings. The molecule has 1 heterocycles. The fourth-order valence-corrected chi connectivity index (χ4v) is 3.21. The van der Waals surface area contributed by atoms with Crippen LogP contribution in [0.15, 0.2) is 4.47 Å². The third-order valence-electron chi connectivity index (χ3n) is 3.55. The van der Waals surface area contributed by atoms with Gasteiger partial charge in [0.15, 0.2) is 0 Å². The third kappa shape index (κ3) is 4.30. The number of halogens is 1. The molecular weight excluding hydrogens is 318 g/mol. The summed E-state index contributed by atoms with van der Waals surface area (Å²) in [6.45, 7) is 10.0. The van der Waals surface area contributed by atoms with Gasteiger partial charge in [0.25, 0.3) is 0 Å². The molecule has 1 rings (SSSR count). The van der Waals surface area contributed by atoms with Crippen LogP contribution in [0.25, 0.3) is 0 Å². The third-order valence-corrected chi connectivity index (χ3v) is 4.47. The molecule has 0 aliphatic carbocycles. The first-order valence-corrected chi connectivity index (χ1v) is 8.49. The molecule has 0 fully saturated rings. The van der Waals surface area contributed by atoms with Crippen LogP contribution in [-0.2, 0) is 24.1 Å². The van der Waals surface area contributed by atoms with Gasteiger partial charge in [0.1, 0.15) is 0 Å². The number of aryl methyl sites for hydroxylation is 2.